The van der Waals surface area contributed by atoms with Crippen molar-refractivity contribution in [2.45, 2.75) is 31.4 Å². The van der Waals surface area contributed by atoms with Gasteiger partial charge in [-0.2, -0.15) is 0 Å². The van der Waals surface area contributed by atoms with Crippen LogP contribution >= 0.6 is 0 Å². The van der Waals surface area contributed by atoms with Crippen molar-refractivity contribution < 1.29 is 13.9 Å². The summed E-state index contributed by atoms with van der Waals surface area (Å²) in [5.74, 6) is -1.12. The van der Waals surface area contributed by atoms with Crippen LogP contribution in [0.5, 0.6) is 0 Å². The van der Waals surface area contributed by atoms with Crippen molar-refractivity contribution >= 4 is 0 Å². The second-order valence-corrected chi connectivity index (χ2v) is 4.42. The zero-order chi connectivity index (χ0) is 11.6. The Balaban J connectivity index is 1.85. The van der Waals surface area contributed by atoms with Crippen LogP contribution in [-0.4, -0.2) is 17.3 Å². The predicted molar refractivity (Wildman–Crippen MR) is 56.9 cm³/mol. The summed E-state index contributed by atoms with van der Waals surface area (Å²) in [6.45, 7) is 0.776. The number of halogens is 2. The number of rotatable bonds is 4. The van der Waals surface area contributed by atoms with Crippen molar-refractivity contribution in [1.29, 1.82) is 0 Å². The van der Waals surface area contributed by atoms with E-state index in [0.29, 0.717) is 18.7 Å². The van der Waals surface area contributed by atoms with Gasteiger partial charge in [-0.1, -0.05) is 6.07 Å². The van der Waals surface area contributed by atoms with Crippen LogP contribution < -0.4 is 5.32 Å². The maximum absolute atomic E-state index is 13.2. The molecule has 4 heteroatoms. The van der Waals surface area contributed by atoms with E-state index in [2.05, 4.69) is 5.32 Å². The minimum atomic E-state index is -0.615. The Morgan fingerprint density at radius 2 is 2.06 bits per heavy atom. The van der Waals surface area contributed by atoms with Gasteiger partial charge in [-0.15, -0.1) is 0 Å². The molecule has 2 nitrogen and oxygen atoms in total. The molecule has 0 aromatic heterocycles. The highest BCUT2D eigenvalue weighted by molar-refractivity contribution is 5.18. The molecule has 0 atom stereocenters. The van der Waals surface area contributed by atoms with Crippen molar-refractivity contribution in [3.8, 4) is 0 Å². The van der Waals surface area contributed by atoms with Gasteiger partial charge in [0.15, 0.2) is 0 Å². The van der Waals surface area contributed by atoms with E-state index in [1.165, 1.54) is 12.1 Å². The third kappa shape index (κ3) is 2.57. The number of hydrogen-bond acceptors (Lipinski definition) is 2. The largest absolute Gasteiger partial charge is 0.389 e. The summed E-state index contributed by atoms with van der Waals surface area (Å²) in [6.07, 6.45) is 2.64. The third-order valence-electron chi connectivity index (χ3n) is 3.07. The lowest BCUT2D eigenvalue weighted by atomic mass is 9.80. The lowest BCUT2D eigenvalue weighted by Gasteiger charge is -2.36. The van der Waals surface area contributed by atoms with E-state index in [0.717, 1.165) is 25.3 Å². The Kier molecular flexibility index (Phi) is 3.21. The van der Waals surface area contributed by atoms with Crippen LogP contribution in [0.2, 0.25) is 0 Å². The first-order valence-corrected chi connectivity index (χ1v) is 5.46. The normalized spacial score (nSPS) is 18.2. The van der Waals surface area contributed by atoms with Crippen LogP contribution in [0, 0.1) is 11.6 Å². The van der Waals surface area contributed by atoms with Gasteiger partial charge in [-0.05, 0) is 25.3 Å². The summed E-state index contributed by atoms with van der Waals surface area (Å²) in [5.41, 5.74) is -0.194. The fourth-order valence-electron chi connectivity index (χ4n) is 1.86. The van der Waals surface area contributed by atoms with Crippen molar-refractivity contribution in [2.24, 2.45) is 0 Å². The van der Waals surface area contributed by atoms with Crippen molar-refractivity contribution in [1.82, 2.24) is 5.32 Å². The summed E-state index contributed by atoms with van der Waals surface area (Å²) in [5, 5.41) is 12.8. The zero-order valence-electron chi connectivity index (χ0n) is 8.97. The molecule has 0 aliphatic heterocycles. The summed E-state index contributed by atoms with van der Waals surface area (Å²) in [4.78, 5) is 0. The Hall–Kier alpha value is -1.00. The van der Waals surface area contributed by atoms with Crippen LogP contribution in [-0.2, 0) is 6.54 Å². The van der Waals surface area contributed by atoms with Gasteiger partial charge < -0.3 is 10.4 Å². The number of nitrogens with one attached hydrogen (secondary N) is 1. The first-order valence-electron chi connectivity index (χ1n) is 5.46. The summed E-state index contributed by atoms with van der Waals surface area (Å²) in [6, 6.07) is 3.52. The quantitative estimate of drug-likeness (QED) is 0.824. The Morgan fingerprint density at radius 1 is 1.31 bits per heavy atom. The molecule has 0 unspecified atom stereocenters. The second kappa shape index (κ2) is 4.47. The SMILES string of the molecule is OC1(CNCc2ccc(F)cc2F)CCC1. The van der Waals surface area contributed by atoms with Gasteiger partial charge in [0.05, 0.1) is 5.60 Å². The molecule has 0 heterocycles. The molecule has 0 amide bonds. The second-order valence-electron chi connectivity index (χ2n) is 4.42. The number of hydrogen-bond donors (Lipinski definition) is 2. The van der Waals surface area contributed by atoms with Gasteiger partial charge in [0.1, 0.15) is 11.6 Å². The monoisotopic (exact) mass is 227 g/mol. The summed E-state index contributed by atoms with van der Waals surface area (Å²) >= 11 is 0. The van der Waals surface area contributed by atoms with E-state index in [-0.39, 0.29) is 0 Å². The Labute approximate surface area is 93.3 Å². The number of aliphatic hydroxyl groups is 1. The van der Waals surface area contributed by atoms with Crippen molar-refractivity contribution in [3.05, 3.63) is 35.4 Å². The molecule has 1 aromatic rings. The van der Waals surface area contributed by atoms with Crippen LogP contribution in [0.3, 0.4) is 0 Å². The molecular weight excluding hydrogens is 212 g/mol. The lowest BCUT2D eigenvalue weighted by molar-refractivity contribution is -0.0315. The van der Waals surface area contributed by atoms with Crippen LogP contribution in [0.4, 0.5) is 8.78 Å². The maximum Gasteiger partial charge on any atom is 0.130 e. The van der Waals surface area contributed by atoms with Gasteiger partial charge in [-0.25, -0.2) is 8.78 Å². The average Bonchev–Trinajstić information content (AvgIpc) is 2.19. The Bertz CT molecular complexity index is 377. The molecule has 0 spiro atoms. The average molecular weight is 227 g/mol. The lowest BCUT2D eigenvalue weighted by Crippen LogP contribution is -2.46. The highest BCUT2D eigenvalue weighted by atomic mass is 19.1. The molecule has 0 saturated heterocycles. The van der Waals surface area contributed by atoms with E-state index in [4.69, 9.17) is 0 Å². The van der Waals surface area contributed by atoms with E-state index in [9.17, 15) is 13.9 Å². The molecule has 16 heavy (non-hydrogen) atoms. The van der Waals surface area contributed by atoms with Crippen LogP contribution in [0.15, 0.2) is 18.2 Å². The van der Waals surface area contributed by atoms with E-state index < -0.39 is 17.2 Å². The molecule has 2 N–H and O–H groups in total. The molecule has 1 aromatic carbocycles. The molecule has 1 aliphatic carbocycles. The van der Waals surface area contributed by atoms with Crippen LogP contribution in [0.1, 0.15) is 24.8 Å². The molecule has 88 valence electrons. The molecular formula is C12H15F2NO. The molecule has 2 rings (SSSR count). The van der Waals surface area contributed by atoms with E-state index in [1.807, 2.05) is 0 Å². The van der Waals surface area contributed by atoms with E-state index >= 15 is 0 Å². The minimum absolute atomic E-state index is 0.314. The molecule has 0 radical (unpaired) electrons. The number of benzene rings is 1. The van der Waals surface area contributed by atoms with Gasteiger partial charge in [0.25, 0.3) is 0 Å². The minimum Gasteiger partial charge on any atom is -0.389 e. The van der Waals surface area contributed by atoms with E-state index in [1.54, 1.807) is 0 Å². The fourth-order valence-corrected chi connectivity index (χ4v) is 1.86. The van der Waals surface area contributed by atoms with Crippen molar-refractivity contribution in [3.63, 3.8) is 0 Å². The zero-order valence-corrected chi connectivity index (χ0v) is 8.97. The Morgan fingerprint density at radius 3 is 2.62 bits per heavy atom. The first-order chi connectivity index (χ1) is 7.59. The molecule has 1 saturated carbocycles. The third-order valence-corrected chi connectivity index (χ3v) is 3.07. The molecule has 1 aliphatic rings. The van der Waals surface area contributed by atoms with Gasteiger partial charge in [-0.3, -0.25) is 0 Å². The standard InChI is InChI=1S/C12H15F2NO/c13-10-3-2-9(11(14)6-10)7-15-8-12(16)4-1-5-12/h2-3,6,15-16H,1,4-5,7-8H2. The summed E-state index contributed by atoms with van der Waals surface area (Å²) < 4.78 is 25.8. The maximum atomic E-state index is 13.2. The summed E-state index contributed by atoms with van der Waals surface area (Å²) in [7, 11) is 0. The van der Waals surface area contributed by atoms with Crippen molar-refractivity contribution in [2.75, 3.05) is 6.54 Å². The van der Waals surface area contributed by atoms with Gasteiger partial charge in [0, 0.05) is 24.7 Å². The molecule has 0 bridgehead atoms. The first kappa shape index (κ1) is 11.5. The fraction of sp³-hybridized carbons (Fsp3) is 0.500. The molecule has 1 fully saturated rings. The topological polar surface area (TPSA) is 32.3 Å². The van der Waals surface area contributed by atoms with Crippen LogP contribution in [0.25, 0.3) is 0 Å². The van der Waals surface area contributed by atoms with Gasteiger partial charge in [0.2, 0.25) is 0 Å². The van der Waals surface area contributed by atoms with Gasteiger partial charge >= 0.3 is 0 Å². The highest BCUT2D eigenvalue weighted by Crippen LogP contribution is 2.30. The smallest absolute Gasteiger partial charge is 0.130 e. The predicted octanol–water partition coefficient (Wildman–Crippen LogP) is 1.97. The highest BCUT2D eigenvalue weighted by Gasteiger charge is 2.33.